The van der Waals surface area contributed by atoms with Crippen molar-refractivity contribution in [3.05, 3.63) is 28.8 Å². The Bertz CT molecular complexity index is 430. The Hall–Kier alpha value is -0.880. The maximum Gasteiger partial charge on any atom is 0.105 e. The monoisotopic (exact) mass is 316 g/mol. The molecule has 1 aromatic rings. The summed E-state index contributed by atoms with van der Waals surface area (Å²) in [5.74, 6) is 0. The molecule has 0 atom stereocenters. The molecule has 20 heavy (non-hydrogen) atoms. The average Bonchev–Trinajstić information content (AvgIpc) is 2.41. The fraction of sp³-hybridized carbons (Fsp3) is 0.500. The lowest BCUT2D eigenvalue weighted by Gasteiger charge is -2.09. The van der Waals surface area contributed by atoms with Crippen LogP contribution in [0.2, 0.25) is 5.02 Å². The molecule has 112 valence electrons. The Morgan fingerprint density at radius 1 is 1.30 bits per heavy atom. The van der Waals surface area contributed by atoms with Crippen molar-refractivity contribution in [2.45, 2.75) is 12.8 Å². The number of nitrogens with one attached hydrogen (secondary N) is 1. The molecule has 0 saturated carbocycles. The SMILES string of the molecule is COCCOCCCCNc1ccc(C(N)=S)c(Cl)c1. The molecule has 0 heterocycles. The third kappa shape index (κ3) is 6.52. The zero-order chi connectivity index (χ0) is 14.8. The first-order valence-corrected chi connectivity index (χ1v) is 7.33. The van der Waals surface area contributed by atoms with Gasteiger partial charge in [0.05, 0.1) is 18.2 Å². The molecule has 0 fully saturated rings. The molecule has 0 aromatic heterocycles. The number of benzene rings is 1. The topological polar surface area (TPSA) is 56.5 Å². The van der Waals surface area contributed by atoms with Crippen molar-refractivity contribution in [1.82, 2.24) is 0 Å². The summed E-state index contributed by atoms with van der Waals surface area (Å²) < 4.78 is 10.3. The summed E-state index contributed by atoms with van der Waals surface area (Å²) in [6.07, 6.45) is 2.04. The summed E-state index contributed by atoms with van der Waals surface area (Å²) in [6.45, 7) is 2.93. The number of unbranched alkanes of at least 4 members (excludes halogenated alkanes) is 1. The van der Waals surface area contributed by atoms with Crippen LogP contribution in [0, 0.1) is 0 Å². The van der Waals surface area contributed by atoms with Crippen molar-refractivity contribution in [3.8, 4) is 0 Å². The third-order valence-corrected chi connectivity index (χ3v) is 3.24. The normalized spacial score (nSPS) is 10.5. The first-order valence-electron chi connectivity index (χ1n) is 6.55. The van der Waals surface area contributed by atoms with Crippen LogP contribution in [0.15, 0.2) is 18.2 Å². The summed E-state index contributed by atoms with van der Waals surface area (Å²) in [7, 11) is 1.67. The molecule has 0 amide bonds. The summed E-state index contributed by atoms with van der Waals surface area (Å²) in [5, 5.41) is 3.88. The largest absolute Gasteiger partial charge is 0.389 e. The van der Waals surface area contributed by atoms with Gasteiger partial charge in [0, 0.05) is 31.5 Å². The van der Waals surface area contributed by atoms with Crippen LogP contribution < -0.4 is 11.1 Å². The van der Waals surface area contributed by atoms with Gasteiger partial charge in [-0.3, -0.25) is 0 Å². The number of ether oxygens (including phenoxy) is 2. The van der Waals surface area contributed by atoms with Crippen molar-refractivity contribution >= 4 is 34.5 Å². The predicted octanol–water partition coefficient (Wildman–Crippen LogP) is 2.83. The molecule has 0 aliphatic heterocycles. The molecule has 6 heteroatoms. The van der Waals surface area contributed by atoms with Crippen LogP contribution in [-0.2, 0) is 9.47 Å². The highest BCUT2D eigenvalue weighted by Gasteiger charge is 2.03. The maximum absolute atomic E-state index is 6.10. The average molecular weight is 317 g/mol. The van der Waals surface area contributed by atoms with E-state index in [1.54, 1.807) is 7.11 Å². The molecular formula is C14H21ClN2O2S. The lowest BCUT2D eigenvalue weighted by atomic mass is 10.2. The van der Waals surface area contributed by atoms with Crippen molar-refractivity contribution < 1.29 is 9.47 Å². The molecule has 4 nitrogen and oxygen atoms in total. The minimum absolute atomic E-state index is 0.315. The van der Waals surface area contributed by atoms with Crippen LogP contribution in [0.5, 0.6) is 0 Å². The second-order valence-corrected chi connectivity index (χ2v) is 5.14. The molecule has 0 radical (unpaired) electrons. The van der Waals surface area contributed by atoms with E-state index in [9.17, 15) is 0 Å². The van der Waals surface area contributed by atoms with Crippen LogP contribution in [0.25, 0.3) is 0 Å². The van der Waals surface area contributed by atoms with Gasteiger partial charge >= 0.3 is 0 Å². The highest BCUT2D eigenvalue weighted by molar-refractivity contribution is 7.80. The van der Waals surface area contributed by atoms with Gasteiger partial charge in [0.2, 0.25) is 0 Å². The molecule has 0 bridgehead atoms. The molecule has 0 unspecified atom stereocenters. The maximum atomic E-state index is 6.10. The zero-order valence-corrected chi connectivity index (χ0v) is 13.2. The van der Waals surface area contributed by atoms with E-state index >= 15 is 0 Å². The Morgan fingerprint density at radius 2 is 2.10 bits per heavy atom. The minimum Gasteiger partial charge on any atom is -0.389 e. The molecule has 3 N–H and O–H groups in total. The van der Waals surface area contributed by atoms with Gasteiger partial charge in [-0.05, 0) is 31.0 Å². The molecule has 0 aliphatic rings. The van der Waals surface area contributed by atoms with Crippen LogP contribution in [0.4, 0.5) is 5.69 Å². The first-order chi connectivity index (χ1) is 9.65. The lowest BCUT2D eigenvalue weighted by Crippen LogP contribution is -2.10. The van der Waals surface area contributed by atoms with Gasteiger partial charge in [-0.1, -0.05) is 23.8 Å². The second-order valence-electron chi connectivity index (χ2n) is 4.30. The van der Waals surface area contributed by atoms with Crippen molar-refractivity contribution in [1.29, 1.82) is 0 Å². The number of methoxy groups -OCH3 is 1. The van der Waals surface area contributed by atoms with E-state index in [-0.39, 0.29) is 0 Å². The van der Waals surface area contributed by atoms with E-state index in [4.69, 9.17) is 39.0 Å². The smallest absolute Gasteiger partial charge is 0.105 e. The number of thiocarbonyl (C=S) groups is 1. The number of rotatable bonds is 10. The minimum atomic E-state index is 0.315. The van der Waals surface area contributed by atoms with Gasteiger partial charge in [-0.2, -0.15) is 0 Å². The van der Waals surface area contributed by atoms with Gasteiger partial charge in [0.15, 0.2) is 0 Å². The Labute approximate surface area is 130 Å². The Balaban J connectivity index is 2.19. The quantitative estimate of drug-likeness (QED) is 0.513. The van der Waals surface area contributed by atoms with Gasteiger partial charge in [0.1, 0.15) is 4.99 Å². The van der Waals surface area contributed by atoms with Crippen LogP contribution in [0.3, 0.4) is 0 Å². The van der Waals surface area contributed by atoms with Crippen molar-refractivity contribution in [2.75, 3.05) is 38.8 Å². The van der Waals surface area contributed by atoms with E-state index in [2.05, 4.69) is 5.32 Å². The van der Waals surface area contributed by atoms with Gasteiger partial charge in [0.25, 0.3) is 0 Å². The Kier molecular flexibility index (Phi) is 8.53. The van der Waals surface area contributed by atoms with E-state index < -0.39 is 0 Å². The first kappa shape index (κ1) is 17.2. The van der Waals surface area contributed by atoms with Gasteiger partial charge in [-0.25, -0.2) is 0 Å². The third-order valence-electron chi connectivity index (χ3n) is 2.71. The molecule has 1 aromatic carbocycles. The summed E-state index contributed by atoms with van der Waals surface area (Å²) >= 11 is 11.0. The number of anilines is 1. The highest BCUT2D eigenvalue weighted by Crippen LogP contribution is 2.20. The summed E-state index contributed by atoms with van der Waals surface area (Å²) in [4.78, 5) is 0.315. The Morgan fingerprint density at radius 3 is 2.75 bits per heavy atom. The fourth-order valence-electron chi connectivity index (χ4n) is 1.63. The second kappa shape index (κ2) is 9.94. The van der Waals surface area contributed by atoms with Gasteiger partial charge in [-0.15, -0.1) is 0 Å². The van der Waals surface area contributed by atoms with Gasteiger partial charge < -0.3 is 20.5 Å². The highest BCUT2D eigenvalue weighted by atomic mass is 35.5. The lowest BCUT2D eigenvalue weighted by molar-refractivity contribution is 0.0691. The number of hydrogen-bond acceptors (Lipinski definition) is 4. The summed E-state index contributed by atoms with van der Waals surface area (Å²) in [6, 6.07) is 5.60. The molecule has 1 rings (SSSR count). The molecular weight excluding hydrogens is 296 g/mol. The number of hydrogen-bond donors (Lipinski definition) is 2. The fourth-order valence-corrected chi connectivity index (χ4v) is 2.15. The standard InChI is InChI=1S/C14H21ClN2O2S/c1-18-8-9-19-7-3-2-6-17-11-4-5-12(14(16)20)13(15)10-11/h4-5,10,17H,2-3,6-9H2,1H3,(H2,16,20). The van der Waals surface area contributed by atoms with Crippen molar-refractivity contribution in [3.63, 3.8) is 0 Å². The zero-order valence-electron chi connectivity index (χ0n) is 11.7. The van der Waals surface area contributed by atoms with Crippen LogP contribution >= 0.6 is 23.8 Å². The molecule has 0 spiro atoms. The van der Waals surface area contributed by atoms with E-state index in [1.807, 2.05) is 18.2 Å². The van der Waals surface area contributed by atoms with Crippen LogP contribution in [-0.4, -0.2) is 38.5 Å². The molecule has 0 saturated heterocycles. The number of nitrogens with two attached hydrogens (primary N) is 1. The van der Waals surface area contributed by atoms with E-state index in [0.717, 1.165) is 31.7 Å². The van der Waals surface area contributed by atoms with E-state index in [0.29, 0.717) is 28.8 Å². The van der Waals surface area contributed by atoms with E-state index in [1.165, 1.54) is 0 Å². The van der Waals surface area contributed by atoms with Crippen molar-refractivity contribution in [2.24, 2.45) is 5.73 Å². The van der Waals surface area contributed by atoms with Crippen LogP contribution in [0.1, 0.15) is 18.4 Å². The number of halogens is 1. The predicted molar refractivity (Wildman–Crippen MR) is 87.8 cm³/mol. The molecule has 0 aliphatic carbocycles. The summed E-state index contributed by atoms with van der Waals surface area (Å²) in [5.41, 5.74) is 7.23.